The smallest absolute Gasteiger partial charge is 0.241 e. The highest BCUT2D eigenvalue weighted by Crippen LogP contribution is 2.53. The lowest BCUT2D eigenvalue weighted by Gasteiger charge is -2.42. The SMILES string of the molecule is O=C1Nc2cc(O)ccc2SC12CCC2. The van der Waals surface area contributed by atoms with E-state index in [9.17, 15) is 9.90 Å². The summed E-state index contributed by atoms with van der Waals surface area (Å²) >= 11 is 1.64. The van der Waals surface area contributed by atoms with Crippen molar-refractivity contribution in [2.24, 2.45) is 0 Å². The summed E-state index contributed by atoms with van der Waals surface area (Å²) < 4.78 is -0.218. The Morgan fingerprint density at radius 2 is 2.20 bits per heavy atom. The van der Waals surface area contributed by atoms with Crippen LogP contribution < -0.4 is 5.32 Å². The summed E-state index contributed by atoms with van der Waals surface area (Å²) in [5.41, 5.74) is 0.738. The van der Waals surface area contributed by atoms with Crippen LogP contribution in [-0.4, -0.2) is 15.8 Å². The highest BCUT2D eigenvalue weighted by atomic mass is 32.2. The Kier molecular flexibility index (Phi) is 1.77. The maximum Gasteiger partial charge on any atom is 0.241 e. The lowest BCUT2D eigenvalue weighted by Crippen LogP contribution is -2.47. The van der Waals surface area contributed by atoms with E-state index in [4.69, 9.17) is 0 Å². The molecule has 3 rings (SSSR count). The molecule has 1 aromatic carbocycles. The zero-order chi connectivity index (χ0) is 10.5. The van der Waals surface area contributed by atoms with E-state index in [1.807, 2.05) is 6.07 Å². The van der Waals surface area contributed by atoms with Crippen LogP contribution in [0.15, 0.2) is 23.1 Å². The molecule has 1 amide bonds. The van der Waals surface area contributed by atoms with Gasteiger partial charge in [-0.15, -0.1) is 11.8 Å². The van der Waals surface area contributed by atoms with Gasteiger partial charge in [0.25, 0.3) is 0 Å². The van der Waals surface area contributed by atoms with Crippen molar-refractivity contribution in [1.82, 2.24) is 0 Å². The summed E-state index contributed by atoms with van der Waals surface area (Å²) in [6.07, 6.45) is 3.06. The average Bonchev–Trinajstić information content (AvgIpc) is 2.14. The number of benzene rings is 1. The molecule has 1 fully saturated rings. The fourth-order valence-electron chi connectivity index (χ4n) is 2.02. The van der Waals surface area contributed by atoms with Crippen LogP contribution in [-0.2, 0) is 4.79 Å². The van der Waals surface area contributed by atoms with E-state index in [1.54, 1.807) is 23.9 Å². The highest BCUT2D eigenvalue weighted by molar-refractivity contribution is 8.01. The molecular formula is C11H11NO2S. The quantitative estimate of drug-likeness (QED) is 0.707. The van der Waals surface area contributed by atoms with E-state index in [-0.39, 0.29) is 16.4 Å². The third-order valence-electron chi connectivity index (χ3n) is 3.09. The fraction of sp³-hybridized carbons (Fsp3) is 0.364. The van der Waals surface area contributed by atoms with E-state index >= 15 is 0 Å². The third kappa shape index (κ3) is 1.24. The first-order chi connectivity index (χ1) is 7.20. The lowest BCUT2D eigenvalue weighted by atomic mass is 9.83. The second kappa shape index (κ2) is 2.92. The molecule has 0 bridgehead atoms. The molecule has 1 aliphatic carbocycles. The summed E-state index contributed by atoms with van der Waals surface area (Å²) in [6.45, 7) is 0. The van der Waals surface area contributed by atoms with Gasteiger partial charge in [-0.1, -0.05) is 0 Å². The van der Waals surface area contributed by atoms with Gasteiger partial charge in [0.2, 0.25) is 5.91 Å². The van der Waals surface area contributed by atoms with Gasteiger partial charge in [-0.2, -0.15) is 0 Å². The maximum absolute atomic E-state index is 11.9. The monoisotopic (exact) mass is 221 g/mol. The summed E-state index contributed by atoms with van der Waals surface area (Å²) in [5, 5.41) is 12.2. The molecule has 0 unspecified atom stereocenters. The number of nitrogens with one attached hydrogen (secondary N) is 1. The highest BCUT2D eigenvalue weighted by Gasteiger charge is 2.47. The minimum Gasteiger partial charge on any atom is -0.508 e. The van der Waals surface area contributed by atoms with Gasteiger partial charge in [0.05, 0.1) is 10.4 Å². The van der Waals surface area contributed by atoms with Gasteiger partial charge >= 0.3 is 0 Å². The number of hydrogen-bond donors (Lipinski definition) is 2. The molecule has 0 aromatic heterocycles. The van der Waals surface area contributed by atoms with Crippen LogP contribution in [0.3, 0.4) is 0 Å². The van der Waals surface area contributed by atoms with Crippen LogP contribution >= 0.6 is 11.8 Å². The largest absolute Gasteiger partial charge is 0.508 e. The van der Waals surface area contributed by atoms with Crippen molar-refractivity contribution in [3.63, 3.8) is 0 Å². The Labute approximate surface area is 91.9 Å². The van der Waals surface area contributed by atoms with Gasteiger partial charge in [-0.3, -0.25) is 4.79 Å². The number of phenolic OH excluding ortho intramolecular Hbond substituents is 1. The van der Waals surface area contributed by atoms with E-state index in [1.165, 1.54) is 0 Å². The predicted molar refractivity (Wildman–Crippen MR) is 59.2 cm³/mol. The second-order valence-corrected chi connectivity index (χ2v) is 5.51. The first-order valence-electron chi connectivity index (χ1n) is 5.03. The molecule has 1 spiro atoms. The Bertz CT molecular complexity index is 440. The molecule has 2 aliphatic rings. The number of anilines is 1. The summed E-state index contributed by atoms with van der Waals surface area (Å²) in [4.78, 5) is 12.9. The van der Waals surface area contributed by atoms with E-state index in [2.05, 4.69) is 5.32 Å². The molecule has 0 radical (unpaired) electrons. The number of rotatable bonds is 0. The van der Waals surface area contributed by atoms with Crippen molar-refractivity contribution in [3.8, 4) is 5.75 Å². The fourth-order valence-corrected chi connectivity index (χ4v) is 3.44. The van der Waals surface area contributed by atoms with Crippen molar-refractivity contribution in [3.05, 3.63) is 18.2 Å². The number of fused-ring (bicyclic) bond motifs is 1. The number of hydrogen-bond acceptors (Lipinski definition) is 3. The van der Waals surface area contributed by atoms with Crippen LogP contribution in [0.25, 0.3) is 0 Å². The van der Waals surface area contributed by atoms with Gasteiger partial charge in [-0.25, -0.2) is 0 Å². The number of thioether (sulfide) groups is 1. The first kappa shape index (κ1) is 9.09. The van der Waals surface area contributed by atoms with Crippen LogP contribution in [0.4, 0.5) is 5.69 Å². The number of aromatic hydroxyl groups is 1. The van der Waals surface area contributed by atoms with Gasteiger partial charge in [0.15, 0.2) is 0 Å². The average molecular weight is 221 g/mol. The molecule has 1 saturated carbocycles. The Hall–Kier alpha value is -1.16. The van der Waals surface area contributed by atoms with Gasteiger partial charge in [0.1, 0.15) is 5.75 Å². The zero-order valence-electron chi connectivity index (χ0n) is 8.12. The van der Waals surface area contributed by atoms with Crippen LogP contribution in [0.5, 0.6) is 5.75 Å². The van der Waals surface area contributed by atoms with Crippen LogP contribution in [0.2, 0.25) is 0 Å². The second-order valence-electron chi connectivity index (χ2n) is 4.08. The number of carbonyl (C=O) groups excluding carboxylic acids is 1. The molecule has 1 aromatic rings. The summed E-state index contributed by atoms with van der Waals surface area (Å²) in [5.74, 6) is 0.288. The van der Waals surface area contributed by atoms with Crippen molar-refractivity contribution in [2.45, 2.75) is 28.9 Å². The number of amides is 1. The molecule has 15 heavy (non-hydrogen) atoms. The normalized spacial score (nSPS) is 21.7. The van der Waals surface area contributed by atoms with Crippen LogP contribution in [0.1, 0.15) is 19.3 Å². The molecule has 0 saturated heterocycles. The van der Waals surface area contributed by atoms with Crippen molar-refractivity contribution in [2.75, 3.05) is 5.32 Å². The molecule has 4 heteroatoms. The Balaban J connectivity index is 2.02. The summed E-state index contributed by atoms with van der Waals surface area (Å²) in [7, 11) is 0. The van der Waals surface area contributed by atoms with Gasteiger partial charge < -0.3 is 10.4 Å². The molecule has 2 N–H and O–H groups in total. The number of carbonyl (C=O) groups is 1. The topological polar surface area (TPSA) is 49.3 Å². The molecule has 0 atom stereocenters. The van der Waals surface area contributed by atoms with Gasteiger partial charge in [-0.05, 0) is 31.4 Å². The van der Waals surface area contributed by atoms with Crippen molar-refractivity contribution < 1.29 is 9.90 Å². The van der Waals surface area contributed by atoms with E-state index in [0.29, 0.717) is 0 Å². The molecule has 78 valence electrons. The minimum atomic E-state index is -0.218. The minimum absolute atomic E-state index is 0.0943. The van der Waals surface area contributed by atoms with E-state index < -0.39 is 0 Å². The summed E-state index contributed by atoms with van der Waals surface area (Å²) in [6, 6.07) is 5.14. The standard InChI is InChI=1S/C11H11NO2S/c13-7-2-3-9-8(6-7)12-10(14)11(15-9)4-1-5-11/h2-3,6,13H,1,4-5H2,(H,12,14). The Morgan fingerprint density at radius 1 is 1.40 bits per heavy atom. The maximum atomic E-state index is 11.9. The van der Waals surface area contributed by atoms with Crippen molar-refractivity contribution in [1.29, 1.82) is 0 Å². The van der Waals surface area contributed by atoms with Gasteiger partial charge in [0, 0.05) is 11.0 Å². The van der Waals surface area contributed by atoms with Crippen molar-refractivity contribution >= 4 is 23.4 Å². The third-order valence-corrected chi connectivity index (χ3v) is 4.65. The molecule has 1 aliphatic heterocycles. The predicted octanol–water partition coefficient (Wildman–Crippen LogP) is 2.36. The lowest BCUT2D eigenvalue weighted by molar-refractivity contribution is -0.120. The first-order valence-corrected chi connectivity index (χ1v) is 5.85. The Morgan fingerprint density at radius 3 is 2.87 bits per heavy atom. The van der Waals surface area contributed by atoms with E-state index in [0.717, 1.165) is 29.8 Å². The van der Waals surface area contributed by atoms with Crippen LogP contribution in [0, 0.1) is 0 Å². The molecular weight excluding hydrogens is 210 g/mol. The molecule has 1 heterocycles. The molecule has 3 nitrogen and oxygen atoms in total. The number of phenols is 1. The zero-order valence-corrected chi connectivity index (χ0v) is 8.93.